The van der Waals surface area contributed by atoms with Gasteiger partial charge in [0.15, 0.2) is 5.11 Å². The van der Waals surface area contributed by atoms with Crippen LogP contribution in [0.2, 0.25) is 0 Å². The summed E-state index contributed by atoms with van der Waals surface area (Å²) in [5.74, 6) is 0.870. The summed E-state index contributed by atoms with van der Waals surface area (Å²) in [7, 11) is 3.13. The highest BCUT2D eigenvalue weighted by Crippen LogP contribution is 2.20. The fourth-order valence-electron chi connectivity index (χ4n) is 2.69. The molecule has 2 aromatic rings. The minimum Gasteiger partial charge on any atom is -0.497 e. The summed E-state index contributed by atoms with van der Waals surface area (Å²) in [6, 6.07) is 13.6. The lowest BCUT2D eigenvalue weighted by Crippen LogP contribution is -2.38. The number of amides is 2. The number of carbonyl (C=O) groups excluding carboxylic acids is 2. The SMILES string of the molecule is COc1ccc(C(=O)N2CCN(C(=O)c3ccc(OC)cc3)C2=S)cc1. The number of benzene rings is 2. The minimum absolute atomic E-state index is 0.214. The molecule has 6 nitrogen and oxygen atoms in total. The third-order valence-corrected chi connectivity index (χ3v) is 4.61. The van der Waals surface area contributed by atoms with E-state index in [0.717, 1.165) is 0 Å². The predicted molar refractivity (Wildman–Crippen MR) is 101 cm³/mol. The Balaban J connectivity index is 1.73. The van der Waals surface area contributed by atoms with Crippen molar-refractivity contribution in [3.05, 3.63) is 59.7 Å². The van der Waals surface area contributed by atoms with Gasteiger partial charge in [0.05, 0.1) is 14.2 Å². The lowest BCUT2D eigenvalue weighted by molar-refractivity contribution is 0.0857. The highest BCUT2D eigenvalue weighted by Gasteiger charge is 2.34. The fourth-order valence-corrected chi connectivity index (χ4v) is 3.04. The van der Waals surface area contributed by atoms with Crippen LogP contribution in [0.15, 0.2) is 48.5 Å². The summed E-state index contributed by atoms with van der Waals surface area (Å²) in [4.78, 5) is 28.3. The van der Waals surface area contributed by atoms with E-state index in [2.05, 4.69) is 0 Å². The van der Waals surface area contributed by atoms with Gasteiger partial charge in [-0.05, 0) is 60.7 Å². The average Bonchev–Trinajstić information content (AvgIpc) is 3.08. The third-order valence-electron chi connectivity index (χ3n) is 4.17. The standard InChI is InChI=1S/C19H18N2O4S/c1-24-15-7-3-13(4-8-15)17(22)20-11-12-21(19(20)26)18(23)14-5-9-16(25-2)10-6-14/h3-10H,11-12H2,1-2H3. The summed E-state index contributed by atoms with van der Waals surface area (Å²) in [5, 5.41) is 0.214. The zero-order valence-electron chi connectivity index (χ0n) is 14.5. The van der Waals surface area contributed by atoms with Crippen molar-refractivity contribution in [2.45, 2.75) is 0 Å². The molecule has 26 heavy (non-hydrogen) atoms. The number of ether oxygens (including phenoxy) is 2. The molecular formula is C19H18N2O4S. The van der Waals surface area contributed by atoms with Gasteiger partial charge < -0.3 is 9.47 Å². The van der Waals surface area contributed by atoms with E-state index in [0.29, 0.717) is 35.7 Å². The summed E-state index contributed by atoms with van der Waals surface area (Å²) >= 11 is 5.37. The number of hydrogen-bond donors (Lipinski definition) is 0. The molecule has 1 fully saturated rings. The molecule has 0 atom stereocenters. The molecule has 0 N–H and O–H groups in total. The van der Waals surface area contributed by atoms with Gasteiger partial charge in [0.25, 0.3) is 11.8 Å². The second kappa shape index (κ2) is 7.53. The maximum Gasteiger partial charge on any atom is 0.260 e. The van der Waals surface area contributed by atoms with Crippen LogP contribution < -0.4 is 9.47 Å². The molecule has 2 aromatic carbocycles. The van der Waals surface area contributed by atoms with Crippen LogP contribution >= 0.6 is 12.2 Å². The number of thiocarbonyl (C=S) groups is 1. The van der Waals surface area contributed by atoms with Gasteiger partial charge in [-0.15, -0.1) is 0 Å². The second-order valence-corrected chi connectivity index (χ2v) is 6.02. The van der Waals surface area contributed by atoms with Crippen molar-refractivity contribution >= 4 is 29.1 Å². The fraction of sp³-hybridized carbons (Fsp3) is 0.211. The van der Waals surface area contributed by atoms with Crippen LogP contribution in [0.3, 0.4) is 0 Å². The van der Waals surface area contributed by atoms with Gasteiger partial charge in [-0.25, -0.2) is 0 Å². The van der Waals surface area contributed by atoms with Crippen LogP contribution in [0.25, 0.3) is 0 Å². The Bertz CT molecular complexity index is 764. The maximum atomic E-state index is 12.7. The smallest absolute Gasteiger partial charge is 0.260 e. The van der Waals surface area contributed by atoms with Crippen LogP contribution in [0, 0.1) is 0 Å². The first kappa shape index (κ1) is 17.9. The molecule has 0 spiro atoms. The molecule has 1 aliphatic heterocycles. The van der Waals surface area contributed by atoms with E-state index in [1.54, 1.807) is 62.8 Å². The maximum absolute atomic E-state index is 12.7. The monoisotopic (exact) mass is 370 g/mol. The van der Waals surface area contributed by atoms with Crippen molar-refractivity contribution in [2.75, 3.05) is 27.3 Å². The molecule has 0 bridgehead atoms. The van der Waals surface area contributed by atoms with E-state index in [-0.39, 0.29) is 16.9 Å². The summed E-state index contributed by atoms with van der Waals surface area (Å²) in [6.45, 7) is 0.733. The van der Waals surface area contributed by atoms with Gasteiger partial charge in [0.2, 0.25) is 0 Å². The van der Waals surface area contributed by atoms with Crippen LogP contribution in [0.1, 0.15) is 20.7 Å². The Hall–Kier alpha value is -2.93. The van der Waals surface area contributed by atoms with Crippen molar-refractivity contribution in [2.24, 2.45) is 0 Å². The Morgan fingerprint density at radius 1 is 0.769 bits per heavy atom. The normalized spacial score (nSPS) is 13.7. The number of carbonyl (C=O) groups is 2. The lowest BCUT2D eigenvalue weighted by atomic mass is 10.2. The van der Waals surface area contributed by atoms with E-state index in [9.17, 15) is 9.59 Å². The van der Waals surface area contributed by atoms with E-state index < -0.39 is 0 Å². The van der Waals surface area contributed by atoms with Crippen molar-refractivity contribution in [3.63, 3.8) is 0 Å². The molecule has 1 heterocycles. The summed E-state index contributed by atoms with van der Waals surface area (Å²) in [6.07, 6.45) is 0. The Kier molecular flexibility index (Phi) is 5.18. The molecule has 0 radical (unpaired) electrons. The number of methoxy groups -OCH3 is 2. The summed E-state index contributed by atoms with van der Waals surface area (Å²) < 4.78 is 10.2. The molecule has 134 valence electrons. The molecular weight excluding hydrogens is 352 g/mol. The van der Waals surface area contributed by atoms with Gasteiger partial charge in [-0.1, -0.05) is 0 Å². The van der Waals surface area contributed by atoms with Crippen LogP contribution in [-0.2, 0) is 0 Å². The Morgan fingerprint density at radius 2 is 1.12 bits per heavy atom. The molecule has 0 saturated carbocycles. The first-order valence-electron chi connectivity index (χ1n) is 8.01. The Morgan fingerprint density at radius 3 is 1.42 bits per heavy atom. The van der Waals surface area contributed by atoms with Crippen LogP contribution in [0.4, 0.5) is 0 Å². The van der Waals surface area contributed by atoms with Crippen molar-refractivity contribution in [3.8, 4) is 11.5 Å². The highest BCUT2D eigenvalue weighted by molar-refractivity contribution is 7.80. The third kappa shape index (κ3) is 3.39. The van der Waals surface area contributed by atoms with Crippen molar-refractivity contribution < 1.29 is 19.1 Å². The molecule has 0 unspecified atom stereocenters. The number of hydrogen-bond acceptors (Lipinski definition) is 5. The topological polar surface area (TPSA) is 59.1 Å². The van der Waals surface area contributed by atoms with Crippen LogP contribution in [-0.4, -0.2) is 54.0 Å². The van der Waals surface area contributed by atoms with Gasteiger partial charge in [0.1, 0.15) is 11.5 Å². The number of rotatable bonds is 4. The molecule has 0 aromatic heterocycles. The largest absolute Gasteiger partial charge is 0.497 e. The highest BCUT2D eigenvalue weighted by atomic mass is 32.1. The van der Waals surface area contributed by atoms with E-state index in [4.69, 9.17) is 21.7 Å². The first-order chi connectivity index (χ1) is 12.5. The van der Waals surface area contributed by atoms with Crippen molar-refractivity contribution in [1.82, 2.24) is 9.80 Å². The number of nitrogens with zero attached hydrogens (tertiary/aromatic N) is 2. The van der Waals surface area contributed by atoms with Crippen molar-refractivity contribution in [1.29, 1.82) is 0 Å². The van der Waals surface area contributed by atoms with E-state index in [1.807, 2.05) is 0 Å². The Labute approximate surface area is 156 Å². The van der Waals surface area contributed by atoms with Crippen LogP contribution in [0.5, 0.6) is 11.5 Å². The first-order valence-corrected chi connectivity index (χ1v) is 8.41. The average molecular weight is 370 g/mol. The molecule has 1 saturated heterocycles. The molecule has 0 aliphatic carbocycles. The predicted octanol–water partition coefficient (Wildman–Crippen LogP) is 2.59. The van der Waals surface area contributed by atoms with Gasteiger partial charge in [-0.2, -0.15) is 0 Å². The zero-order chi connectivity index (χ0) is 18.7. The summed E-state index contributed by atoms with van der Waals surface area (Å²) in [5.41, 5.74) is 0.985. The minimum atomic E-state index is -0.234. The van der Waals surface area contributed by atoms with E-state index in [1.165, 1.54) is 9.80 Å². The molecule has 7 heteroatoms. The second-order valence-electron chi connectivity index (χ2n) is 5.65. The zero-order valence-corrected chi connectivity index (χ0v) is 15.3. The molecule has 1 aliphatic rings. The molecule has 2 amide bonds. The van der Waals surface area contributed by atoms with Gasteiger partial charge in [0, 0.05) is 24.2 Å². The molecule has 3 rings (SSSR count). The van der Waals surface area contributed by atoms with Gasteiger partial charge in [-0.3, -0.25) is 19.4 Å². The quantitative estimate of drug-likeness (QED) is 0.775. The lowest BCUT2D eigenvalue weighted by Gasteiger charge is -2.19. The van der Waals surface area contributed by atoms with E-state index >= 15 is 0 Å². The van der Waals surface area contributed by atoms with Gasteiger partial charge >= 0.3 is 0 Å².